The second-order valence-electron chi connectivity index (χ2n) is 3.49. The molecule has 1 aliphatic heterocycles. The lowest BCUT2D eigenvalue weighted by molar-refractivity contribution is 0.187. The highest BCUT2D eigenvalue weighted by Crippen LogP contribution is 2.22. The number of amides is 1. The van der Waals surface area contributed by atoms with E-state index in [1.165, 1.54) is 18.2 Å². The first-order valence-corrected chi connectivity index (χ1v) is 4.97. The zero-order valence-corrected chi connectivity index (χ0v) is 8.67. The van der Waals surface area contributed by atoms with Crippen molar-refractivity contribution in [2.75, 3.05) is 19.0 Å². The predicted octanol–water partition coefficient (Wildman–Crippen LogP) is 1.51. The topological polar surface area (TPSA) is 50.4 Å². The molecule has 4 heteroatoms. The van der Waals surface area contributed by atoms with E-state index < -0.39 is 6.09 Å². The first-order chi connectivity index (χ1) is 7.31. The van der Waals surface area contributed by atoms with E-state index >= 15 is 0 Å². The average molecular weight is 206 g/mol. The van der Waals surface area contributed by atoms with Gasteiger partial charge < -0.3 is 10.1 Å². The Morgan fingerprint density at radius 2 is 2.40 bits per heavy atom. The third-order valence-corrected chi connectivity index (χ3v) is 2.56. The molecule has 0 spiro atoms. The van der Waals surface area contributed by atoms with E-state index in [1.807, 2.05) is 12.1 Å². The molecule has 0 aromatic heterocycles. The van der Waals surface area contributed by atoms with Crippen LogP contribution in [0.3, 0.4) is 0 Å². The fourth-order valence-electron chi connectivity index (χ4n) is 1.81. The normalized spacial score (nSPS) is 14.2. The predicted molar refractivity (Wildman–Crippen MR) is 57.9 cm³/mol. The smallest absolute Gasteiger partial charge is 0.411 e. The van der Waals surface area contributed by atoms with E-state index in [1.54, 1.807) is 0 Å². The van der Waals surface area contributed by atoms with Crippen LogP contribution < -0.4 is 10.6 Å². The number of nitrogens with one attached hydrogen (secondary N) is 2. The van der Waals surface area contributed by atoms with Gasteiger partial charge in [0.25, 0.3) is 0 Å². The average Bonchev–Trinajstić information content (AvgIpc) is 2.29. The highest BCUT2D eigenvalue weighted by atomic mass is 16.5. The number of carbonyl (C=O) groups excluding carboxylic acids is 1. The summed E-state index contributed by atoms with van der Waals surface area (Å²) in [6, 6.07) is 5.92. The van der Waals surface area contributed by atoms with E-state index in [-0.39, 0.29) is 0 Å². The number of fused-ring (bicyclic) bond motifs is 1. The molecule has 2 rings (SSSR count). The van der Waals surface area contributed by atoms with Crippen LogP contribution in [-0.4, -0.2) is 19.7 Å². The van der Waals surface area contributed by atoms with Gasteiger partial charge in [0.1, 0.15) is 0 Å². The molecule has 1 heterocycles. The molecule has 0 saturated heterocycles. The first kappa shape index (κ1) is 9.98. The van der Waals surface area contributed by atoms with Crippen molar-refractivity contribution >= 4 is 11.8 Å². The van der Waals surface area contributed by atoms with Gasteiger partial charge in [-0.15, -0.1) is 0 Å². The minimum atomic E-state index is -0.415. The molecule has 1 aromatic carbocycles. The molecule has 1 aliphatic rings. The molecule has 0 unspecified atom stereocenters. The van der Waals surface area contributed by atoms with Gasteiger partial charge in [0.15, 0.2) is 0 Å². The van der Waals surface area contributed by atoms with Crippen molar-refractivity contribution in [3.05, 3.63) is 29.3 Å². The van der Waals surface area contributed by atoms with E-state index in [0.29, 0.717) is 0 Å². The molecular weight excluding hydrogens is 192 g/mol. The zero-order chi connectivity index (χ0) is 10.7. The van der Waals surface area contributed by atoms with Crippen LogP contribution >= 0.6 is 0 Å². The van der Waals surface area contributed by atoms with Gasteiger partial charge in [0.2, 0.25) is 0 Å². The number of anilines is 1. The fraction of sp³-hybridized carbons (Fsp3) is 0.364. The Morgan fingerprint density at radius 3 is 3.20 bits per heavy atom. The lowest BCUT2D eigenvalue weighted by Gasteiger charge is -2.20. The summed E-state index contributed by atoms with van der Waals surface area (Å²) < 4.78 is 4.58. The van der Waals surface area contributed by atoms with Gasteiger partial charge in [0.05, 0.1) is 7.11 Å². The van der Waals surface area contributed by atoms with Gasteiger partial charge in [-0.25, -0.2) is 4.79 Å². The molecule has 1 aromatic rings. The van der Waals surface area contributed by atoms with E-state index in [0.717, 1.165) is 25.2 Å². The fourth-order valence-corrected chi connectivity index (χ4v) is 1.81. The van der Waals surface area contributed by atoms with Gasteiger partial charge in [-0.3, -0.25) is 5.32 Å². The summed E-state index contributed by atoms with van der Waals surface area (Å²) in [5.41, 5.74) is 3.32. The Balaban J connectivity index is 2.27. The molecule has 0 bridgehead atoms. The summed E-state index contributed by atoms with van der Waals surface area (Å²) in [5.74, 6) is 0. The first-order valence-electron chi connectivity index (χ1n) is 4.97. The molecule has 0 atom stereocenters. The molecule has 0 saturated carbocycles. The molecule has 80 valence electrons. The molecule has 0 fully saturated rings. The van der Waals surface area contributed by atoms with Crippen LogP contribution in [0, 0.1) is 0 Å². The van der Waals surface area contributed by atoms with Crippen LogP contribution in [0.5, 0.6) is 0 Å². The quantitative estimate of drug-likeness (QED) is 0.732. The van der Waals surface area contributed by atoms with Crippen LogP contribution in [0.1, 0.15) is 11.1 Å². The Bertz CT molecular complexity index is 377. The van der Waals surface area contributed by atoms with Gasteiger partial charge >= 0.3 is 6.09 Å². The van der Waals surface area contributed by atoms with Gasteiger partial charge in [0, 0.05) is 12.2 Å². The SMILES string of the molecule is COC(=O)Nc1cccc2c1CCNC2. The lowest BCUT2D eigenvalue weighted by atomic mass is 9.99. The van der Waals surface area contributed by atoms with Crippen LogP contribution in [0.15, 0.2) is 18.2 Å². The maximum Gasteiger partial charge on any atom is 0.411 e. The largest absolute Gasteiger partial charge is 0.453 e. The highest BCUT2D eigenvalue weighted by molar-refractivity contribution is 5.85. The maximum atomic E-state index is 11.1. The molecule has 15 heavy (non-hydrogen) atoms. The van der Waals surface area contributed by atoms with Crippen molar-refractivity contribution in [3.8, 4) is 0 Å². The lowest BCUT2D eigenvalue weighted by Crippen LogP contribution is -2.25. The number of benzene rings is 1. The summed E-state index contributed by atoms with van der Waals surface area (Å²) in [7, 11) is 1.37. The molecule has 2 N–H and O–H groups in total. The summed E-state index contributed by atoms with van der Waals surface area (Å²) in [5, 5.41) is 6.02. The Hall–Kier alpha value is -1.55. The van der Waals surface area contributed by atoms with Crippen LogP contribution in [0.4, 0.5) is 10.5 Å². The third kappa shape index (κ3) is 2.10. The number of methoxy groups -OCH3 is 1. The van der Waals surface area contributed by atoms with Crippen LogP contribution in [0.25, 0.3) is 0 Å². The van der Waals surface area contributed by atoms with Gasteiger partial charge in [-0.1, -0.05) is 12.1 Å². The molecule has 0 aliphatic carbocycles. The van der Waals surface area contributed by atoms with Crippen molar-refractivity contribution in [1.29, 1.82) is 0 Å². The number of hydrogen-bond acceptors (Lipinski definition) is 3. The third-order valence-electron chi connectivity index (χ3n) is 2.56. The second-order valence-corrected chi connectivity index (χ2v) is 3.49. The van der Waals surface area contributed by atoms with Gasteiger partial charge in [-0.05, 0) is 30.2 Å². The number of hydrogen-bond donors (Lipinski definition) is 2. The Morgan fingerprint density at radius 1 is 1.53 bits per heavy atom. The van der Waals surface area contributed by atoms with Crippen LogP contribution in [-0.2, 0) is 17.7 Å². The summed E-state index contributed by atoms with van der Waals surface area (Å²) >= 11 is 0. The van der Waals surface area contributed by atoms with Crippen molar-refractivity contribution in [2.24, 2.45) is 0 Å². The van der Waals surface area contributed by atoms with Crippen molar-refractivity contribution in [1.82, 2.24) is 5.32 Å². The standard InChI is InChI=1S/C11H14N2O2/c1-15-11(14)13-10-4-2-3-8-7-12-6-5-9(8)10/h2-4,12H,5-7H2,1H3,(H,13,14). The van der Waals surface area contributed by atoms with Crippen LogP contribution in [0.2, 0.25) is 0 Å². The van der Waals surface area contributed by atoms with Crippen molar-refractivity contribution < 1.29 is 9.53 Å². The monoisotopic (exact) mass is 206 g/mol. The van der Waals surface area contributed by atoms with Crippen molar-refractivity contribution in [3.63, 3.8) is 0 Å². The molecule has 0 radical (unpaired) electrons. The molecule has 1 amide bonds. The molecular formula is C11H14N2O2. The Labute approximate surface area is 88.6 Å². The molecule has 4 nitrogen and oxygen atoms in total. The summed E-state index contributed by atoms with van der Waals surface area (Å²) in [6.07, 6.45) is 0.525. The number of carbonyl (C=O) groups is 1. The highest BCUT2D eigenvalue weighted by Gasteiger charge is 2.13. The van der Waals surface area contributed by atoms with Crippen molar-refractivity contribution in [2.45, 2.75) is 13.0 Å². The zero-order valence-electron chi connectivity index (χ0n) is 8.67. The van der Waals surface area contributed by atoms with E-state index in [2.05, 4.69) is 21.4 Å². The van der Waals surface area contributed by atoms with E-state index in [4.69, 9.17) is 0 Å². The minimum Gasteiger partial charge on any atom is -0.453 e. The summed E-state index contributed by atoms with van der Waals surface area (Å²) in [4.78, 5) is 11.1. The Kier molecular flexibility index (Phi) is 2.87. The minimum absolute atomic E-state index is 0.415. The number of ether oxygens (including phenoxy) is 1. The summed E-state index contributed by atoms with van der Waals surface area (Å²) in [6.45, 7) is 1.82. The number of rotatable bonds is 1. The second kappa shape index (κ2) is 4.31. The maximum absolute atomic E-state index is 11.1. The van der Waals surface area contributed by atoms with Gasteiger partial charge in [-0.2, -0.15) is 0 Å². The van der Waals surface area contributed by atoms with E-state index in [9.17, 15) is 4.79 Å².